The molecule has 0 aromatic carbocycles. The van der Waals surface area contributed by atoms with Crippen LogP contribution in [0.15, 0.2) is 0 Å². The van der Waals surface area contributed by atoms with Crippen molar-refractivity contribution in [3.8, 4) is 0 Å². The molecule has 0 bridgehead atoms. The molecule has 0 spiro atoms. The molecule has 5 heteroatoms. The molecular formula is C5H9NO3S. The number of hydrogen-bond acceptors (Lipinski definition) is 4. The Bertz CT molecular complexity index is 128. The van der Waals surface area contributed by atoms with Gasteiger partial charge in [0.15, 0.2) is 0 Å². The molecular weight excluding hydrogens is 154 g/mol. The van der Waals surface area contributed by atoms with Crippen LogP contribution in [-0.4, -0.2) is 34.9 Å². The Morgan fingerprint density at radius 3 is 2.80 bits per heavy atom. The summed E-state index contributed by atoms with van der Waals surface area (Å²) in [6.45, 7) is 0. The third kappa shape index (κ3) is 4.34. The Morgan fingerprint density at radius 2 is 2.40 bits per heavy atom. The SMILES string of the molecule is NC(CSCC=O)C(=O)O. The Hall–Kier alpha value is -0.550. The van der Waals surface area contributed by atoms with Crippen molar-refractivity contribution in [1.29, 1.82) is 0 Å². The van der Waals surface area contributed by atoms with E-state index in [1.54, 1.807) is 0 Å². The zero-order chi connectivity index (χ0) is 7.98. The van der Waals surface area contributed by atoms with Crippen LogP contribution in [0.3, 0.4) is 0 Å². The lowest BCUT2D eigenvalue weighted by atomic mass is 10.4. The number of nitrogens with two attached hydrogens (primary N) is 1. The second-order valence-electron chi connectivity index (χ2n) is 1.65. The van der Waals surface area contributed by atoms with E-state index >= 15 is 0 Å². The van der Waals surface area contributed by atoms with Gasteiger partial charge in [-0.25, -0.2) is 0 Å². The van der Waals surface area contributed by atoms with Crippen molar-refractivity contribution >= 4 is 24.0 Å². The first-order valence-corrected chi connectivity index (χ1v) is 3.83. The van der Waals surface area contributed by atoms with E-state index in [4.69, 9.17) is 10.8 Å². The van der Waals surface area contributed by atoms with Gasteiger partial charge in [0.25, 0.3) is 0 Å². The average Bonchev–Trinajstić information content (AvgIpc) is 1.88. The van der Waals surface area contributed by atoms with Gasteiger partial charge < -0.3 is 15.6 Å². The molecule has 1 atom stereocenters. The second-order valence-corrected chi connectivity index (χ2v) is 2.72. The summed E-state index contributed by atoms with van der Waals surface area (Å²) in [5, 5.41) is 8.25. The van der Waals surface area contributed by atoms with Crippen LogP contribution in [0.25, 0.3) is 0 Å². The van der Waals surface area contributed by atoms with E-state index in [9.17, 15) is 9.59 Å². The number of aliphatic carboxylic acids is 1. The molecule has 0 heterocycles. The number of carbonyl (C=O) groups is 2. The minimum absolute atomic E-state index is 0.286. The molecule has 0 amide bonds. The van der Waals surface area contributed by atoms with E-state index < -0.39 is 12.0 Å². The van der Waals surface area contributed by atoms with Crippen LogP contribution in [0, 0.1) is 0 Å². The molecule has 0 aliphatic rings. The van der Waals surface area contributed by atoms with Crippen molar-refractivity contribution < 1.29 is 14.7 Å². The summed E-state index contributed by atoms with van der Waals surface area (Å²) in [5.74, 6) is -0.437. The maximum absolute atomic E-state index is 10.1. The van der Waals surface area contributed by atoms with E-state index in [0.717, 1.165) is 6.29 Å². The predicted molar refractivity (Wildman–Crippen MR) is 39.0 cm³/mol. The molecule has 3 N–H and O–H groups in total. The van der Waals surface area contributed by atoms with Crippen molar-refractivity contribution in [3.05, 3.63) is 0 Å². The standard InChI is InChI=1S/C5H9NO3S/c6-4(5(8)9)3-10-2-1-7/h1,4H,2-3,6H2,(H,8,9). The van der Waals surface area contributed by atoms with Gasteiger partial charge in [0.05, 0.1) is 0 Å². The maximum Gasteiger partial charge on any atom is 0.321 e. The molecule has 58 valence electrons. The zero-order valence-electron chi connectivity index (χ0n) is 5.32. The number of hydrogen-bond donors (Lipinski definition) is 2. The summed E-state index contributed by atoms with van der Waals surface area (Å²) >= 11 is 1.22. The molecule has 0 saturated carbocycles. The summed E-state index contributed by atoms with van der Waals surface area (Å²) in [6, 6.07) is -0.857. The highest BCUT2D eigenvalue weighted by Crippen LogP contribution is 1.98. The summed E-state index contributed by atoms with van der Waals surface area (Å²) in [7, 11) is 0. The first-order valence-electron chi connectivity index (χ1n) is 2.68. The van der Waals surface area contributed by atoms with Crippen LogP contribution >= 0.6 is 11.8 Å². The molecule has 0 aromatic heterocycles. The number of carbonyl (C=O) groups excluding carboxylic acids is 1. The van der Waals surface area contributed by atoms with Gasteiger partial charge in [0, 0.05) is 11.5 Å². The van der Waals surface area contributed by atoms with Crippen molar-refractivity contribution in [3.63, 3.8) is 0 Å². The third-order valence-electron chi connectivity index (χ3n) is 0.800. The van der Waals surface area contributed by atoms with Crippen LogP contribution in [-0.2, 0) is 9.59 Å². The minimum Gasteiger partial charge on any atom is -0.480 e. The lowest BCUT2D eigenvalue weighted by Crippen LogP contribution is -2.32. The number of aldehydes is 1. The van der Waals surface area contributed by atoms with Gasteiger partial charge in [-0.1, -0.05) is 0 Å². The van der Waals surface area contributed by atoms with Crippen molar-refractivity contribution in [1.82, 2.24) is 0 Å². The molecule has 0 rings (SSSR count). The van der Waals surface area contributed by atoms with Crippen LogP contribution in [0.1, 0.15) is 0 Å². The minimum atomic E-state index is -1.03. The molecule has 10 heavy (non-hydrogen) atoms. The fraction of sp³-hybridized carbons (Fsp3) is 0.600. The van der Waals surface area contributed by atoms with E-state index in [0.29, 0.717) is 5.75 Å². The summed E-state index contributed by atoms with van der Waals surface area (Å²) in [5.41, 5.74) is 5.12. The lowest BCUT2D eigenvalue weighted by Gasteiger charge is -2.02. The van der Waals surface area contributed by atoms with Gasteiger partial charge in [-0.05, 0) is 0 Å². The van der Waals surface area contributed by atoms with Gasteiger partial charge in [-0.2, -0.15) is 11.8 Å². The van der Waals surface area contributed by atoms with E-state index in [1.807, 2.05) is 0 Å². The molecule has 0 aromatic rings. The number of carboxylic acids is 1. The fourth-order valence-electron chi connectivity index (χ4n) is 0.314. The first kappa shape index (κ1) is 9.45. The van der Waals surface area contributed by atoms with Crippen LogP contribution in [0.5, 0.6) is 0 Å². The van der Waals surface area contributed by atoms with Gasteiger partial charge in [-0.15, -0.1) is 0 Å². The van der Waals surface area contributed by atoms with Gasteiger partial charge in [0.2, 0.25) is 0 Å². The van der Waals surface area contributed by atoms with E-state index in [-0.39, 0.29) is 5.75 Å². The summed E-state index contributed by atoms with van der Waals surface area (Å²) in [4.78, 5) is 19.8. The quantitative estimate of drug-likeness (QED) is 0.415. The smallest absolute Gasteiger partial charge is 0.321 e. The molecule has 0 radical (unpaired) electrons. The molecule has 0 fully saturated rings. The number of carboxylic acid groups (broad SMARTS) is 1. The zero-order valence-corrected chi connectivity index (χ0v) is 6.13. The van der Waals surface area contributed by atoms with Gasteiger partial charge in [0.1, 0.15) is 12.3 Å². The topological polar surface area (TPSA) is 80.4 Å². The molecule has 0 saturated heterocycles. The Morgan fingerprint density at radius 1 is 1.80 bits per heavy atom. The third-order valence-corrected chi connectivity index (χ3v) is 1.77. The van der Waals surface area contributed by atoms with Crippen LogP contribution in [0.4, 0.5) is 0 Å². The molecule has 0 aliphatic heterocycles. The number of rotatable bonds is 5. The van der Waals surface area contributed by atoms with E-state index in [1.165, 1.54) is 11.8 Å². The van der Waals surface area contributed by atoms with Gasteiger partial charge in [-0.3, -0.25) is 4.79 Å². The molecule has 1 unspecified atom stereocenters. The average molecular weight is 163 g/mol. The van der Waals surface area contributed by atoms with Crippen molar-refractivity contribution in [2.24, 2.45) is 5.73 Å². The largest absolute Gasteiger partial charge is 0.480 e. The summed E-state index contributed by atoms with van der Waals surface area (Å²) < 4.78 is 0. The number of thioether (sulfide) groups is 1. The summed E-state index contributed by atoms with van der Waals surface area (Å²) in [6.07, 6.45) is 0.721. The lowest BCUT2D eigenvalue weighted by molar-refractivity contribution is -0.137. The molecule has 4 nitrogen and oxygen atoms in total. The fourth-order valence-corrected chi connectivity index (χ4v) is 0.943. The van der Waals surface area contributed by atoms with Crippen LogP contribution < -0.4 is 5.73 Å². The first-order chi connectivity index (χ1) is 4.68. The monoisotopic (exact) mass is 163 g/mol. The Balaban J connectivity index is 3.30. The predicted octanol–water partition coefficient (Wildman–Crippen LogP) is -0.670. The Labute approximate surface area is 62.8 Å². The highest BCUT2D eigenvalue weighted by Gasteiger charge is 2.09. The Kier molecular flexibility index (Phi) is 4.96. The normalized spacial score (nSPS) is 12.5. The van der Waals surface area contributed by atoms with E-state index in [2.05, 4.69) is 0 Å². The van der Waals surface area contributed by atoms with Crippen molar-refractivity contribution in [2.75, 3.05) is 11.5 Å². The highest BCUT2D eigenvalue weighted by atomic mass is 32.2. The van der Waals surface area contributed by atoms with Crippen LogP contribution in [0.2, 0.25) is 0 Å². The second kappa shape index (κ2) is 5.25. The van der Waals surface area contributed by atoms with Gasteiger partial charge >= 0.3 is 5.97 Å². The highest BCUT2D eigenvalue weighted by molar-refractivity contribution is 7.99. The van der Waals surface area contributed by atoms with Crippen molar-refractivity contribution in [2.45, 2.75) is 6.04 Å². The molecule has 0 aliphatic carbocycles. The maximum atomic E-state index is 10.1.